The molecule has 0 saturated carbocycles. The van der Waals surface area contributed by atoms with Gasteiger partial charge in [-0.1, -0.05) is 0 Å². The molecule has 0 radical (unpaired) electrons. The molecule has 0 amide bonds. The number of anilines is 1. The minimum absolute atomic E-state index is 0.0319. The third-order valence-corrected chi connectivity index (χ3v) is 3.51. The Labute approximate surface area is 101 Å². The number of hydrogen-bond acceptors (Lipinski definition) is 2. The topological polar surface area (TPSA) is 40.5 Å². The fourth-order valence-corrected chi connectivity index (χ4v) is 2.41. The third-order valence-electron chi connectivity index (χ3n) is 2.74. The Hall–Kier alpha value is -1.10. The summed E-state index contributed by atoms with van der Waals surface area (Å²) in [6.45, 7) is 1.66. The summed E-state index contributed by atoms with van der Waals surface area (Å²) >= 11 is 3.00. The van der Waals surface area contributed by atoms with E-state index in [9.17, 15) is 9.18 Å². The molecule has 0 spiro atoms. The molecular formula is C11H11BrFNO2. The molecule has 0 bridgehead atoms. The highest BCUT2D eigenvalue weighted by Crippen LogP contribution is 2.31. The smallest absolute Gasteiger partial charge is 0.336 e. The van der Waals surface area contributed by atoms with Gasteiger partial charge in [-0.3, -0.25) is 0 Å². The van der Waals surface area contributed by atoms with Crippen LogP contribution < -0.4 is 4.90 Å². The van der Waals surface area contributed by atoms with Crippen molar-refractivity contribution in [1.29, 1.82) is 0 Å². The van der Waals surface area contributed by atoms with Crippen LogP contribution in [0.5, 0.6) is 0 Å². The zero-order chi connectivity index (χ0) is 11.7. The molecule has 0 aromatic heterocycles. The number of carboxylic acid groups (broad SMARTS) is 1. The van der Waals surface area contributed by atoms with Gasteiger partial charge in [0.15, 0.2) is 5.82 Å². The Morgan fingerprint density at radius 1 is 1.38 bits per heavy atom. The summed E-state index contributed by atoms with van der Waals surface area (Å²) in [7, 11) is 0. The number of hydrogen-bond donors (Lipinski definition) is 1. The first-order valence-electron chi connectivity index (χ1n) is 5.07. The van der Waals surface area contributed by atoms with Gasteiger partial charge in [0.2, 0.25) is 0 Å². The number of carboxylic acids is 1. The van der Waals surface area contributed by atoms with E-state index in [4.69, 9.17) is 5.11 Å². The highest BCUT2D eigenvalue weighted by molar-refractivity contribution is 9.10. The molecule has 1 aromatic carbocycles. The maximum Gasteiger partial charge on any atom is 0.336 e. The van der Waals surface area contributed by atoms with Crippen molar-refractivity contribution in [2.75, 3.05) is 18.0 Å². The molecule has 0 atom stereocenters. The number of benzene rings is 1. The minimum atomic E-state index is -1.13. The highest BCUT2D eigenvalue weighted by atomic mass is 79.9. The first-order chi connectivity index (χ1) is 7.61. The van der Waals surface area contributed by atoms with E-state index in [1.54, 1.807) is 0 Å². The predicted octanol–water partition coefficient (Wildman–Crippen LogP) is 2.89. The summed E-state index contributed by atoms with van der Waals surface area (Å²) in [5, 5.41) is 8.84. The van der Waals surface area contributed by atoms with Crippen molar-refractivity contribution in [2.24, 2.45) is 0 Å². The normalized spacial score (nSPS) is 15.5. The molecule has 16 heavy (non-hydrogen) atoms. The summed E-state index contributed by atoms with van der Waals surface area (Å²) in [5.74, 6) is -1.61. The summed E-state index contributed by atoms with van der Waals surface area (Å²) in [5.41, 5.74) is 0.440. The minimum Gasteiger partial charge on any atom is -0.478 e. The van der Waals surface area contributed by atoms with Crippen molar-refractivity contribution in [1.82, 2.24) is 0 Å². The second-order valence-electron chi connectivity index (χ2n) is 3.76. The number of aromatic carboxylic acids is 1. The van der Waals surface area contributed by atoms with Crippen molar-refractivity contribution in [3.63, 3.8) is 0 Å². The molecule has 0 aliphatic carbocycles. The quantitative estimate of drug-likeness (QED) is 0.909. The monoisotopic (exact) mass is 287 g/mol. The van der Waals surface area contributed by atoms with Gasteiger partial charge in [0.05, 0.1) is 15.7 Å². The van der Waals surface area contributed by atoms with Gasteiger partial charge >= 0.3 is 5.97 Å². The van der Waals surface area contributed by atoms with Gasteiger partial charge in [-0.25, -0.2) is 9.18 Å². The van der Waals surface area contributed by atoms with Gasteiger partial charge in [-0.05, 0) is 40.9 Å². The molecule has 1 N–H and O–H groups in total. The van der Waals surface area contributed by atoms with Gasteiger partial charge in [0.25, 0.3) is 0 Å². The van der Waals surface area contributed by atoms with E-state index in [-0.39, 0.29) is 10.0 Å². The largest absolute Gasteiger partial charge is 0.478 e. The molecule has 1 fully saturated rings. The molecule has 1 saturated heterocycles. The van der Waals surface area contributed by atoms with E-state index in [1.165, 1.54) is 12.1 Å². The van der Waals surface area contributed by atoms with Crippen molar-refractivity contribution < 1.29 is 14.3 Å². The summed E-state index contributed by atoms with van der Waals surface area (Å²) in [6, 6.07) is 2.97. The van der Waals surface area contributed by atoms with Crippen LogP contribution in [0, 0.1) is 5.82 Å². The molecule has 1 heterocycles. The number of rotatable bonds is 2. The van der Waals surface area contributed by atoms with Crippen LogP contribution in [-0.2, 0) is 0 Å². The van der Waals surface area contributed by atoms with Crippen molar-refractivity contribution in [2.45, 2.75) is 12.8 Å². The van der Waals surface area contributed by atoms with Crippen LogP contribution >= 0.6 is 15.9 Å². The van der Waals surface area contributed by atoms with Crippen LogP contribution in [0.1, 0.15) is 23.2 Å². The highest BCUT2D eigenvalue weighted by Gasteiger charge is 2.21. The first-order valence-corrected chi connectivity index (χ1v) is 5.87. The predicted molar refractivity (Wildman–Crippen MR) is 62.5 cm³/mol. The number of halogens is 2. The fraction of sp³-hybridized carbons (Fsp3) is 0.364. The Kier molecular flexibility index (Phi) is 3.14. The molecule has 1 aliphatic heterocycles. The SMILES string of the molecule is O=C(O)c1ccc(N2CCCC2)c(F)c1Br. The Morgan fingerprint density at radius 2 is 2.00 bits per heavy atom. The second-order valence-corrected chi connectivity index (χ2v) is 4.55. The van der Waals surface area contributed by atoms with Gasteiger partial charge in [0, 0.05) is 13.1 Å². The van der Waals surface area contributed by atoms with E-state index in [0.717, 1.165) is 25.9 Å². The molecule has 1 aromatic rings. The van der Waals surface area contributed by atoms with E-state index in [2.05, 4.69) is 15.9 Å². The van der Waals surface area contributed by atoms with Gasteiger partial charge in [-0.2, -0.15) is 0 Å². The van der Waals surface area contributed by atoms with Crippen LogP contribution in [-0.4, -0.2) is 24.2 Å². The molecule has 5 heteroatoms. The average Bonchev–Trinajstić information content (AvgIpc) is 2.74. The van der Waals surface area contributed by atoms with E-state index in [0.29, 0.717) is 5.69 Å². The van der Waals surface area contributed by atoms with E-state index in [1.807, 2.05) is 4.90 Å². The summed E-state index contributed by atoms with van der Waals surface area (Å²) < 4.78 is 14.0. The lowest BCUT2D eigenvalue weighted by atomic mass is 10.2. The summed E-state index contributed by atoms with van der Waals surface area (Å²) in [4.78, 5) is 12.7. The molecule has 86 valence electrons. The summed E-state index contributed by atoms with van der Waals surface area (Å²) in [6.07, 6.45) is 2.11. The standard InChI is InChI=1S/C11H11BrFNO2/c12-9-7(11(15)16)3-4-8(10(9)13)14-5-1-2-6-14/h3-4H,1-2,5-6H2,(H,15,16). The average molecular weight is 288 g/mol. The molecular weight excluding hydrogens is 277 g/mol. The van der Waals surface area contributed by atoms with E-state index < -0.39 is 11.8 Å². The molecule has 3 nitrogen and oxygen atoms in total. The molecule has 0 unspecified atom stereocenters. The van der Waals surface area contributed by atoms with Crippen molar-refractivity contribution >= 4 is 27.6 Å². The third kappa shape index (κ3) is 1.91. The van der Waals surface area contributed by atoms with Crippen LogP contribution in [0.15, 0.2) is 16.6 Å². The lowest BCUT2D eigenvalue weighted by Crippen LogP contribution is -2.19. The Morgan fingerprint density at radius 3 is 2.56 bits per heavy atom. The zero-order valence-electron chi connectivity index (χ0n) is 8.54. The lowest BCUT2D eigenvalue weighted by Gasteiger charge is -2.19. The Balaban J connectivity index is 2.41. The lowest BCUT2D eigenvalue weighted by molar-refractivity contribution is 0.0695. The van der Waals surface area contributed by atoms with Crippen molar-refractivity contribution in [3.05, 3.63) is 28.0 Å². The molecule has 2 rings (SSSR count). The Bertz CT molecular complexity index is 430. The number of carbonyl (C=O) groups is 1. The van der Waals surface area contributed by atoms with Crippen LogP contribution in [0.4, 0.5) is 10.1 Å². The fourth-order valence-electron chi connectivity index (χ4n) is 1.91. The second kappa shape index (κ2) is 4.41. The van der Waals surface area contributed by atoms with Gasteiger partial charge in [0.1, 0.15) is 0 Å². The van der Waals surface area contributed by atoms with Crippen LogP contribution in [0.25, 0.3) is 0 Å². The zero-order valence-corrected chi connectivity index (χ0v) is 10.1. The van der Waals surface area contributed by atoms with Gasteiger partial charge < -0.3 is 10.0 Å². The van der Waals surface area contributed by atoms with E-state index >= 15 is 0 Å². The molecule has 1 aliphatic rings. The van der Waals surface area contributed by atoms with Crippen molar-refractivity contribution in [3.8, 4) is 0 Å². The van der Waals surface area contributed by atoms with Crippen LogP contribution in [0.2, 0.25) is 0 Å². The first kappa shape index (κ1) is 11.4. The van der Waals surface area contributed by atoms with Crippen LogP contribution in [0.3, 0.4) is 0 Å². The maximum atomic E-state index is 13.9. The van der Waals surface area contributed by atoms with Gasteiger partial charge in [-0.15, -0.1) is 0 Å². The maximum absolute atomic E-state index is 13.9. The number of nitrogens with zero attached hydrogens (tertiary/aromatic N) is 1.